The lowest BCUT2D eigenvalue weighted by Gasteiger charge is -2.08. The Morgan fingerprint density at radius 1 is 0.944 bits per heavy atom. The van der Waals surface area contributed by atoms with Gasteiger partial charge < -0.3 is 9.53 Å². The number of hydrogen-bond donors (Lipinski definition) is 0. The Bertz CT molecular complexity index is 500. The van der Waals surface area contributed by atoms with Crippen LogP contribution < -0.4 is 4.74 Å². The highest BCUT2D eigenvalue weighted by Crippen LogP contribution is 2.25. The van der Waals surface area contributed by atoms with Crippen molar-refractivity contribution in [2.75, 3.05) is 6.61 Å². The molecule has 0 amide bonds. The lowest BCUT2D eigenvalue weighted by Crippen LogP contribution is -1.97. The van der Waals surface area contributed by atoms with Gasteiger partial charge in [-0.25, -0.2) is 0 Å². The van der Waals surface area contributed by atoms with E-state index in [-0.39, 0.29) is 0 Å². The summed E-state index contributed by atoms with van der Waals surface area (Å²) in [5, 5.41) is 2.36. The smallest absolute Gasteiger partial charge is 0.127 e. The number of fused-ring (bicyclic) bond motifs is 1. The second-order valence-corrected chi connectivity index (χ2v) is 4.34. The Labute approximate surface area is 108 Å². The van der Waals surface area contributed by atoms with Gasteiger partial charge in [0.05, 0.1) is 6.61 Å². The van der Waals surface area contributed by atoms with E-state index in [1.54, 1.807) is 0 Å². The van der Waals surface area contributed by atoms with Crippen molar-refractivity contribution < 1.29 is 9.53 Å². The van der Waals surface area contributed by atoms with Crippen LogP contribution >= 0.6 is 0 Å². The lowest BCUT2D eigenvalue weighted by molar-refractivity contribution is -0.107. The Morgan fingerprint density at radius 3 is 2.67 bits per heavy atom. The minimum absolute atomic E-state index is 0.661. The van der Waals surface area contributed by atoms with Gasteiger partial charge in [0.2, 0.25) is 0 Å². The van der Waals surface area contributed by atoms with Gasteiger partial charge in [-0.3, -0.25) is 0 Å². The molecule has 0 radical (unpaired) electrons. The van der Waals surface area contributed by atoms with Crippen LogP contribution in [0.4, 0.5) is 0 Å². The minimum atomic E-state index is 0.661. The molecule has 2 heteroatoms. The van der Waals surface area contributed by atoms with Crippen molar-refractivity contribution in [3.63, 3.8) is 0 Å². The number of carbonyl (C=O) groups excluding carboxylic acids is 1. The summed E-state index contributed by atoms with van der Waals surface area (Å²) in [6, 6.07) is 14.3. The first-order valence-electron chi connectivity index (χ1n) is 6.46. The van der Waals surface area contributed by atoms with Gasteiger partial charge >= 0.3 is 0 Å². The number of aldehydes is 1. The molecule has 2 rings (SSSR count). The number of benzene rings is 2. The van der Waals surface area contributed by atoms with E-state index in [0.717, 1.165) is 36.7 Å². The molecule has 0 aromatic heterocycles. The maximum atomic E-state index is 10.2. The molecule has 0 atom stereocenters. The van der Waals surface area contributed by atoms with Crippen molar-refractivity contribution in [3.8, 4) is 5.75 Å². The predicted octanol–water partition coefficient (Wildman–Crippen LogP) is 3.98. The van der Waals surface area contributed by atoms with Crippen LogP contribution in [0.5, 0.6) is 5.75 Å². The molecule has 0 aliphatic rings. The largest absolute Gasteiger partial charge is 0.493 e. The van der Waals surface area contributed by atoms with E-state index in [4.69, 9.17) is 4.74 Å². The maximum Gasteiger partial charge on any atom is 0.127 e. The molecule has 0 aliphatic carbocycles. The van der Waals surface area contributed by atoms with Gasteiger partial charge in [0, 0.05) is 11.8 Å². The molecule has 0 unspecified atom stereocenters. The summed E-state index contributed by atoms with van der Waals surface area (Å²) in [6.45, 7) is 0.715. The summed E-state index contributed by atoms with van der Waals surface area (Å²) in [5.74, 6) is 0.948. The average molecular weight is 242 g/mol. The number of rotatable bonds is 7. The quantitative estimate of drug-likeness (QED) is 0.542. The van der Waals surface area contributed by atoms with Gasteiger partial charge in [0.25, 0.3) is 0 Å². The van der Waals surface area contributed by atoms with E-state index in [0.29, 0.717) is 13.0 Å². The molecule has 0 aliphatic heterocycles. The lowest BCUT2D eigenvalue weighted by atomic mass is 10.1. The van der Waals surface area contributed by atoms with Crippen molar-refractivity contribution in [2.24, 2.45) is 0 Å². The van der Waals surface area contributed by atoms with E-state index in [9.17, 15) is 4.79 Å². The molecule has 2 aromatic rings. The number of carbonyl (C=O) groups is 1. The highest BCUT2D eigenvalue weighted by molar-refractivity contribution is 5.88. The maximum absolute atomic E-state index is 10.2. The van der Waals surface area contributed by atoms with E-state index in [1.807, 2.05) is 24.3 Å². The van der Waals surface area contributed by atoms with Gasteiger partial charge in [-0.05, 0) is 30.7 Å². The monoisotopic (exact) mass is 242 g/mol. The van der Waals surface area contributed by atoms with Gasteiger partial charge in [-0.15, -0.1) is 0 Å². The summed E-state index contributed by atoms with van der Waals surface area (Å²) in [5.41, 5.74) is 0. The second kappa shape index (κ2) is 6.80. The topological polar surface area (TPSA) is 26.3 Å². The SMILES string of the molecule is O=CCCCCCOc1cccc2ccccc12. The molecule has 0 fully saturated rings. The molecule has 2 aromatic carbocycles. The fourth-order valence-electron chi connectivity index (χ4n) is 2.01. The van der Waals surface area contributed by atoms with Gasteiger partial charge in [0.1, 0.15) is 12.0 Å². The highest BCUT2D eigenvalue weighted by Gasteiger charge is 2.00. The number of unbranched alkanes of at least 4 members (excludes halogenated alkanes) is 3. The second-order valence-electron chi connectivity index (χ2n) is 4.34. The van der Waals surface area contributed by atoms with Crippen LogP contribution in [0.2, 0.25) is 0 Å². The summed E-state index contributed by atoms with van der Waals surface area (Å²) in [6.07, 6.45) is 4.64. The molecule has 0 heterocycles. The molecule has 18 heavy (non-hydrogen) atoms. The Hall–Kier alpha value is -1.83. The van der Waals surface area contributed by atoms with Crippen LogP contribution in [-0.2, 0) is 4.79 Å². The highest BCUT2D eigenvalue weighted by atomic mass is 16.5. The van der Waals surface area contributed by atoms with Crippen molar-refractivity contribution in [1.29, 1.82) is 0 Å². The third-order valence-electron chi connectivity index (χ3n) is 2.97. The third kappa shape index (κ3) is 3.33. The normalized spacial score (nSPS) is 10.4. The fraction of sp³-hybridized carbons (Fsp3) is 0.312. The van der Waals surface area contributed by atoms with Crippen molar-refractivity contribution in [1.82, 2.24) is 0 Å². The first kappa shape index (κ1) is 12.6. The molecule has 0 saturated carbocycles. The predicted molar refractivity (Wildman–Crippen MR) is 74.0 cm³/mol. The summed E-state index contributed by atoms with van der Waals surface area (Å²) >= 11 is 0. The van der Waals surface area contributed by atoms with E-state index in [2.05, 4.69) is 18.2 Å². The first-order valence-corrected chi connectivity index (χ1v) is 6.46. The van der Waals surface area contributed by atoms with Crippen LogP contribution in [0.25, 0.3) is 10.8 Å². The standard InChI is InChI=1S/C16H18O2/c17-12-5-1-2-6-13-18-16-11-7-9-14-8-3-4-10-15(14)16/h3-4,7-12H,1-2,5-6,13H2. The zero-order chi connectivity index (χ0) is 12.6. The third-order valence-corrected chi connectivity index (χ3v) is 2.97. The molecule has 0 saturated heterocycles. The van der Waals surface area contributed by atoms with Crippen LogP contribution in [0.1, 0.15) is 25.7 Å². The fourth-order valence-corrected chi connectivity index (χ4v) is 2.01. The molecule has 2 nitrogen and oxygen atoms in total. The number of hydrogen-bond acceptors (Lipinski definition) is 2. The summed E-state index contributed by atoms with van der Waals surface area (Å²) in [4.78, 5) is 10.2. The van der Waals surface area contributed by atoms with Crippen molar-refractivity contribution >= 4 is 17.1 Å². The molecule has 0 bridgehead atoms. The Balaban J connectivity index is 1.89. The first-order chi connectivity index (χ1) is 8.92. The summed E-state index contributed by atoms with van der Waals surface area (Å²) < 4.78 is 5.81. The molecule has 0 N–H and O–H groups in total. The molecular weight excluding hydrogens is 224 g/mol. The van der Waals surface area contributed by atoms with Crippen LogP contribution in [0.3, 0.4) is 0 Å². The van der Waals surface area contributed by atoms with Gasteiger partial charge in [-0.1, -0.05) is 36.4 Å². The van der Waals surface area contributed by atoms with Gasteiger partial charge in [-0.2, -0.15) is 0 Å². The van der Waals surface area contributed by atoms with E-state index < -0.39 is 0 Å². The zero-order valence-corrected chi connectivity index (χ0v) is 10.5. The molecular formula is C16H18O2. The van der Waals surface area contributed by atoms with Crippen molar-refractivity contribution in [2.45, 2.75) is 25.7 Å². The molecule has 0 spiro atoms. The van der Waals surface area contributed by atoms with Gasteiger partial charge in [0.15, 0.2) is 0 Å². The van der Waals surface area contributed by atoms with Crippen LogP contribution in [0, 0.1) is 0 Å². The van der Waals surface area contributed by atoms with E-state index in [1.165, 1.54) is 5.39 Å². The van der Waals surface area contributed by atoms with Crippen LogP contribution in [0.15, 0.2) is 42.5 Å². The zero-order valence-electron chi connectivity index (χ0n) is 10.5. The average Bonchev–Trinajstić information content (AvgIpc) is 2.43. The van der Waals surface area contributed by atoms with Crippen molar-refractivity contribution in [3.05, 3.63) is 42.5 Å². The molecule has 94 valence electrons. The Morgan fingerprint density at radius 2 is 1.78 bits per heavy atom. The van der Waals surface area contributed by atoms with E-state index >= 15 is 0 Å². The minimum Gasteiger partial charge on any atom is -0.493 e. The Kier molecular flexibility index (Phi) is 4.77. The van der Waals surface area contributed by atoms with Crippen LogP contribution in [-0.4, -0.2) is 12.9 Å². The summed E-state index contributed by atoms with van der Waals surface area (Å²) in [7, 11) is 0. The number of ether oxygens (including phenoxy) is 1.